The van der Waals surface area contributed by atoms with Crippen molar-refractivity contribution < 1.29 is 4.79 Å². The van der Waals surface area contributed by atoms with E-state index in [-0.39, 0.29) is 12.2 Å². The number of hydrogen-bond donors (Lipinski definition) is 0. The maximum absolute atomic E-state index is 12.7. The largest absolute Gasteiger partial charge is 0.299 e. The molecule has 0 saturated heterocycles. The van der Waals surface area contributed by atoms with Crippen LogP contribution in [0.5, 0.6) is 0 Å². The Kier molecular flexibility index (Phi) is 4.69. The molecule has 5 heteroatoms. The second-order valence-electron chi connectivity index (χ2n) is 6.09. The Balaban J connectivity index is 2.81. The van der Waals surface area contributed by atoms with E-state index in [4.69, 9.17) is 0 Å². The smallest absolute Gasteiger partial charge is 0.183 e. The molecule has 0 radical (unpaired) electrons. The van der Waals surface area contributed by atoms with Crippen LogP contribution in [-0.2, 0) is 4.79 Å². The molecule has 2 rings (SSSR count). The molecule has 1 aliphatic carbocycles. The number of ketones is 1. The number of nitriles is 4. The maximum Gasteiger partial charge on any atom is 0.183 e. The number of carbonyl (C=O) groups is 1. The van der Waals surface area contributed by atoms with E-state index in [1.54, 1.807) is 30.3 Å². The fraction of sp³-hybridized carbons (Fsp3) is 0.421. The van der Waals surface area contributed by atoms with E-state index in [1.165, 1.54) is 0 Å². The van der Waals surface area contributed by atoms with Crippen molar-refractivity contribution in [2.24, 2.45) is 16.7 Å². The molecule has 0 amide bonds. The molecular weight excluding hydrogens is 300 g/mol. The molecule has 1 saturated carbocycles. The monoisotopic (exact) mass is 316 g/mol. The lowest BCUT2D eigenvalue weighted by atomic mass is 9.48. The van der Waals surface area contributed by atoms with Crippen molar-refractivity contribution in [3.05, 3.63) is 35.9 Å². The first-order chi connectivity index (χ1) is 11.6. The second-order valence-corrected chi connectivity index (χ2v) is 6.09. The van der Waals surface area contributed by atoms with Gasteiger partial charge in [-0.1, -0.05) is 43.7 Å². The molecule has 118 valence electrons. The van der Waals surface area contributed by atoms with E-state index < -0.39 is 22.7 Å². The van der Waals surface area contributed by atoms with Crippen LogP contribution in [0, 0.1) is 62.1 Å². The zero-order chi connectivity index (χ0) is 17.8. The van der Waals surface area contributed by atoms with Crippen molar-refractivity contribution >= 4 is 5.78 Å². The molecule has 1 aromatic carbocycles. The van der Waals surface area contributed by atoms with Gasteiger partial charge in [0.15, 0.2) is 10.8 Å². The summed E-state index contributed by atoms with van der Waals surface area (Å²) in [7, 11) is 0. The van der Waals surface area contributed by atoms with E-state index >= 15 is 0 Å². The lowest BCUT2D eigenvalue weighted by molar-refractivity contribution is -0.130. The summed E-state index contributed by atoms with van der Waals surface area (Å²) in [6.07, 6.45) is 0.838. The summed E-state index contributed by atoms with van der Waals surface area (Å²) in [5.41, 5.74) is -3.20. The molecule has 0 aromatic heterocycles. The lowest BCUT2D eigenvalue weighted by Gasteiger charge is -2.45. The summed E-state index contributed by atoms with van der Waals surface area (Å²) in [5.74, 6) is -1.57. The van der Waals surface area contributed by atoms with Crippen LogP contribution in [0.2, 0.25) is 0 Å². The quantitative estimate of drug-likeness (QED) is 0.849. The van der Waals surface area contributed by atoms with Crippen LogP contribution >= 0.6 is 0 Å². The highest BCUT2D eigenvalue weighted by Gasteiger charge is 2.66. The average molecular weight is 316 g/mol. The molecule has 0 spiro atoms. The van der Waals surface area contributed by atoms with Gasteiger partial charge in [-0.15, -0.1) is 0 Å². The van der Waals surface area contributed by atoms with Crippen molar-refractivity contribution in [2.75, 3.05) is 0 Å². The molecular formula is C19H16N4O. The van der Waals surface area contributed by atoms with Gasteiger partial charge < -0.3 is 0 Å². The van der Waals surface area contributed by atoms with Crippen LogP contribution in [0.3, 0.4) is 0 Å². The molecule has 24 heavy (non-hydrogen) atoms. The summed E-state index contributed by atoms with van der Waals surface area (Å²) < 4.78 is 0. The lowest BCUT2D eigenvalue weighted by Crippen LogP contribution is -2.53. The minimum absolute atomic E-state index is 0.227. The van der Waals surface area contributed by atoms with Gasteiger partial charge in [0, 0.05) is 18.3 Å². The Hall–Kier alpha value is -3.15. The topological polar surface area (TPSA) is 112 Å². The zero-order valence-electron chi connectivity index (χ0n) is 13.4. The molecule has 2 atom stereocenters. The zero-order valence-corrected chi connectivity index (χ0v) is 13.4. The minimum atomic E-state index is -1.96. The second kappa shape index (κ2) is 6.54. The first-order valence-electron chi connectivity index (χ1n) is 7.78. The van der Waals surface area contributed by atoms with Gasteiger partial charge in [-0.2, -0.15) is 21.0 Å². The van der Waals surface area contributed by atoms with E-state index in [0.29, 0.717) is 18.4 Å². The van der Waals surface area contributed by atoms with Gasteiger partial charge in [-0.3, -0.25) is 4.79 Å². The highest BCUT2D eigenvalue weighted by atomic mass is 16.1. The van der Waals surface area contributed by atoms with Gasteiger partial charge in [0.05, 0.1) is 24.3 Å². The van der Waals surface area contributed by atoms with Crippen molar-refractivity contribution in [3.8, 4) is 24.3 Å². The normalized spacial score (nSPS) is 24.0. The molecule has 0 N–H and O–H groups in total. The standard InChI is InChI=1S/C19H16N4O/c1-2-6-15-16(24)9-18(10-20,11-21)19(12-22,13-23)17(15)14-7-4-3-5-8-14/h3-5,7-8,15,17H,2,6,9H2,1H3/t15-,17+/m1/s1. The number of Topliss-reactive ketones (excluding diaryl/α,β-unsaturated/α-hetero) is 1. The van der Waals surface area contributed by atoms with E-state index in [1.807, 2.05) is 31.2 Å². The number of hydrogen-bond acceptors (Lipinski definition) is 5. The van der Waals surface area contributed by atoms with Crippen LogP contribution in [0.1, 0.15) is 37.7 Å². The molecule has 1 aromatic rings. The van der Waals surface area contributed by atoms with E-state index in [9.17, 15) is 25.8 Å². The van der Waals surface area contributed by atoms with Crippen molar-refractivity contribution in [1.29, 1.82) is 21.0 Å². The molecule has 0 heterocycles. The molecule has 1 fully saturated rings. The average Bonchev–Trinajstić information content (AvgIpc) is 2.63. The van der Waals surface area contributed by atoms with Crippen LogP contribution in [0.4, 0.5) is 0 Å². The Bertz CT molecular complexity index is 773. The molecule has 1 aliphatic rings. The Morgan fingerprint density at radius 3 is 2.08 bits per heavy atom. The van der Waals surface area contributed by atoms with E-state index in [2.05, 4.69) is 0 Å². The first-order valence-corrected chi connectivity index (χ1v) is 7.78. The third-order valence-corrected chi connectivity index (χ3v) is 4.89. The van der Waals surface area contributed by atoms with Crippen molar-refractivity contribution in [3.63, 3.8) is 0 Å². The number of nitrogens with zero attached hydrogens (tertiary/aromatic N) is 4. The Morgan fingerprint density at radius 1 is 1.04 bits per heavy atom. The summed E-state index contributed by atoms with van der Waals surface area (Å²) >= 11 is 0. The molecule has 0 aliphatic heterocycles. The number of rotatable bonds is 3. The van der Waals surface area contributed by atoms with Gasteiger partial charge in [0.1, 0.15) is 5.78 Å². The van der Waals surface area contributed by atoms with E-state index in [0.717, 1.165) is 0 Å². The minimum Gasteiger partial charge on any atom is -0.299 e. The highest BCUT2D eigenvalue weighted by Crippen LogP contribution is 2.58. The van der Waals surface area contributed by atoms with Gasteiger partial charge in [-0.25, -0.2) is 0 Å². The Labute approximate surface area is 141 Å². The fourth-order valence-corrected chi connectivity index (χ4v) is 3.70. The van der Waals surface area contributed by atoms with Crippen LogP contribution < -0.4 is 0 Å². The summed E-state index contributed by atoms with van der Waals surface area (Å²) in [6, 6.07) is 16.4. The van der Waals surface area contributed by atoms with Crippen LogP contribution in [0.15, 0.2) is 30.3 Å². The predicted octanol–water partition coefficient (Wildman–Crippen LogP) is 3.23. The van der Waals surface area contributed by atoms with Crippen molar-refractivity contribution in [2.45, 2.75) is 32.1 Å². The van der Waals surface area contributed by atoms with Crippen molar-refractivity contribution in [1.82, 2.24) is 0 Å². The third kappa shape index (κ3) is 2.23. The van der Waals surface area contributed by atoms with Gasteiger partial charge in [0.2, 0.25) is 0 Å². The SMILES string of the molecule is CCC[C@@H]1C(=O)CC(C#N)(C#N)C(C#N)(C#N)[C@H]1c1ccccc1. The highest BCUT2D eigenvalue weighted by molar-refractivity contribution is 5.86. The fourth-order valence-electron chi connectivity index (χ4n) is 3.70. The summed E-state index contributed by atoms with van der Waals surface area (Å²) in [4.78, 5) is 12.7. The van der Waals surface area contributed by atoms with Crippen LogP contribution in [-0.4, -0.2) is 5.78 Å². The number of benzene rings is 1. The van der Waals surface area contributed by atoms with Gasteiger partial charge in [-0.05, 0) is 12.0 Å². The Morgan fingerprint density at radius 2 is 1.62 bits per heavy atom. The first kappa shape index (κ1) is 17.2. The maximum atomic E-state index is 12.7. The summed E-state index contributed by atoms with van der Waals surface area (Å²) in [6.45, 7) is 1.92. The van der Waals surface area contributed by atoms with Gasteiger partial charge >= 0.3 is 0 Å². The molecule has 0 unspecified atom stereocenters. The summed E-state index contributed by atoms with van der Waals surface area (Å²) in [5, 5.41) is 38.9. The van der Waals surface area contributed by atoms with Gasteiger partial charge in [0.25, 0.3) is 0 Å². The van der Waals surface area contributed by atoms with Crippen LogP contribution in [0.25, 0.3) is 0 Å². The predicted molar refractivity (Wildman–Crippen MR) is 84.5 cm³/mol. The molecule has 5 nitrogen and oxygen atoms in total. The molecule has 0 bridgehead atoms. The number of carbonyl (C=O) groups excluding carboxylic acids is 1. The third-order valence-electron chi connectivity index (χ3n) is 4.89.